The summed E-state index contributed by atoms with van der Waals surface area (Å²) in [5, 5.41) is 10.7. The summed E-state index contributed by atoms with van der Waals surface area (Å²) in [7, 11) is -5.91. The molecule has 52 heavy (non-hydrogen) atoms. The number of halogens is 2. The van der Waals surface area contributed by atoms with Crippen LogP contribution in [0.3, 0.4) is 0 Å². The van der Waals surface area contributed by atoms with Gasteiger partial charge in [0.05, 0.1) is 25.7 Å². The molecule has 0 aromatic heterocycles. The third-order valence-corrected chi connectivity index (χ3v) is 26.2. The van der Waals surface area contributed by atoms with Gasteiger partial charge in [-0.3, -0.25) is 4.79 Å². The van der Waals surface area contributed by atoms with Crippen molar-refractivity contribution in [2.75, 3.05) is 7.11 Å². The lowest BCUT2D eigenvalue weighted by Gasteiger charge is -2.56. The Balaban J connectivity index is 2.79. The van der Waals surface area contributed by atoms with Crippen molar-refractivity contribution in [1.82, 2.24) is 0 Å². The van der Waals surface area contributed by atoms with Crippen LogP contribution in [0.1, 0.15) is 101 Å². The first kappa shape index (κ1) is 48.3. The van der Waals surface area contributed by atoms with E-state index in [9.17, 15) is 9.90 Å². The van der Waals surface area contributed by atoms with Crippen LogP contribution in [0.4, 0.5) is 0 Å². The highest BCUT2D eigenvalue weighted by atomic mass is 127. The average molecular weight is 916 g/mol. The van der Waals surface area contributed by atoms with Gasteiger partial charge in [-0.2, -0.15) is 0 Å². The first-order valence-electron chi connectivity index (χ1n) is 19.0. The fourth-order valence-electron chi connectivity index (χ4n) is 5.55. The normalized spacial score (nSPS) is 26.8. The van der Waals surface area contributed by atoms with Crippen molar-refractivity contribution in [1.29, 1.82) is 0 Å². The zero-order chi connectivity index (χ0) is 40.3. The summed E-state index contributed by atoms with van der Waals surface area (Å²) >= 11 is 8.74. The van der Waals surface area contributed by atoms with Crippen LogP contribution in [-0.2, 0) is 32.3 Å². The Kier molecular flexibility index (Phi) is 17.3. The maximum atomic E-state index is 12.4. The van der Waals surface area contributed by atoms with Gasteiger partial charge in [0.25, 0.3) is 0 Å². The molecular formula is C39H72ClIO8Si3. The maximum Gasteiger partial charge on any atom is 0.308 e. The summed E-state index contributed by atoms with van der Waals surface area (Å²) in [4.78, 5) is 12.4. The van der Waals surface area contributed by atoms with Crippen LogP contribution in [0.15, 0.2) is 10.2 Å². The minimum absolute atomic E-state index is 0.0944. The number of fused-ring (bicyclic) bond motifs is 1. The molecule has 2 heterocycles. The number of allylic oxidation sites excluding steroid dienone is 1. The highest BCUT2D eigenvalue weighted by Gasteiger charge is 2.58. The lowest BCUT2D eigenvalue weighted by Crippen LogP contribution is -2.69. The molecule has 0 radical (unpaired) electrons. The number of rotatable bonds is 14. The summed E-state index contributed by atoms with van der Waals surface area (Å²) in [5.41, 5.74) is 0. The zero-order valence-electron chi connectivity index (χ0n) is 35.2. The molecule has 0 spiro atoms. The van der Waals surface area contributed by atoms with Gasteiger partial charge in [-0.05, 0) is 113 Å². The molecule has 8 nitrogen and oxygen atoms in total. The van der Waals surface area contributed by atoms with Gasteiger partial charge in [0.2, 0.25) is 0 Å². The van der Waals surface area contributed by atoms with E-state index in [0.717, 1.165) is 3.58 Å². The molecule has 2 fully saturated rings. The van der Waals surface area contributed by atoms with Crippen LogP contribution in [0.2, 0.25) is 54.4 Å². The molecule has 1 N–H and O–H groups in total. The summed E-state index contributed by atoms with van der Waals surface area (Å²) < 4.78 is 42.0. The summed E-state index contributed by atoms with van der Waals surface area (Å²) in [6, 6.07) is 0. The number of alkyl halides is 1. The Morgan fingerprint density at radius 1 is 0.865 bits per heavy atom. The summed E-state index contributed by atoms with van der Waals surface area (Å²) in [6.07, 6.45) is -1.21. The Labute approximate surface area is 339 Å². The van der Waals surface area contributed by atoms with Crippen LogP contribution in [0, 0.1) is 11.8 Å². The lowest BCUT2D eigenvalue weighted by molar-refractivity contribution is -0.266. The quantitative estimate of drug-likeness (QED) is 0.0606. The molecule has 0 saturated carbocycles. The average Bonchev–Trinajstić information content (AvgIpc) is 2.97. The molecule has 0 aliphatic carbocycles. The van der Waals surface area contributed by atoms with Crippen molar-refractivity contribution < 1.29 is 37.4 Å². The van der Waals surface area contributed by atoms with Crippen molar-refractivity contribution in [3.8, 4) is 11.8 Å². The van der Waals surface area contributed by atoms with Gasteiger partial charge in [0.1, 0.15) is 36.6 Å². The van der Waals surface area contributed by atoms with E-state index in [1.807, 2.05) is 0 Å². The molecule has 6 unspecified atom stereocenters. The van der Waals surface area contributed by atoms with E-state index in [0.29, 0.717) is 32.1 Å². The van der Waals surface area contributed by atoms with Gasteiger partial charge in [0, 0.05) is 5.38 Å². The largest absolute Gasteiger partial charge is 0.469 e. The summed E-state index contributed by atoms with van der Waals surface area (Å²) in [5.74, 6) is 6.25. The number of aliphatic hydroxyl groups excluding tert-OH is 1. The molecule has 0 aromatic rings. The summed E-state index contributed by atoms with van der Waals surface area (Å²) in [6.45, 7) is 37.4. The predicted molar refractivity (Wildman–Crippen MR) is 230 cm³/mol. The number of hydrogen-bond acceptors (Lipinski definition) is 8. The highest BCUT2D eigenvalue weighted by molar-refractivity contribution is 14.1. The van der Waals surface area contributed by atoms with Gasteiger partial charge in [-0.25, -0.2) is 0 Å². The third-order valence-electron chi connectivity index (χ3n) is 12.0. The van der Waals surface area contributed by atoms with Crippen LogP contribution < -0.4 is 0 Å². The van der Waals surface area contributed by atoms with E-state index in [-0.39, 0.29) is 45.1 Å². The maximum absolute atomic E-state index is 12.4. The van der Waals surface area contributed by atoms with Crippen LogP contribution in [0.25, 0.3) is 0 Å². The van der Waals surface area contributed by atoms with Gasteiger partial charge in [-0.15, -0.1) is 11.6 Å². The zero-order valence-corrected chi connectivity index (χ0v) is 41.1. The van der Waals surface area contributed by atoms with E-state index in [4.69, 9.17) is 39.1 Å². The fraction of sp³-hybridized carbons (Fsp3) is 0.872. The Bertz CT molecular complexity index is 1260. The monoisotopic (exact) mass is 914 g/mol. The number of methoxy groups -OCH3 is 1. The first-order valence-corrected chi connectivity index (χ1v) is 29.2. The standard InChI is InChI=1S/C39H72ClIO8Si3/c1-26(41)24-27(40)18-19-28(42)20-22-31(47-50(12,13)37(2,3)4)34-36(49-52(16,17)39(8,9)10)35(48-51(14,15)38(5,6)7)33-30(46-34)23-21-29(45-33)25-32(43)44-11/h27-31,33-36,42H,1,18-19,21,23-25H2,2-17H3/t27-,28?,29?,30+,31?,33+,34?,35?,36?/m1/s1. The van der Waals surface area contributed by atoms with E-state index in [1.54, 1.807) is 0 Å². The number of ether oxygens (including phenoxy) is 3. The third kappa shape index (κ3) is 13.4. The minimum Gasteiger partial charge on any atom is -0.469 e. The van der Waals surface area contributed by atoms with E-state index in [1.165, 1.54) is 7.11 Å². The number of carbonyl (C=O) groups is 1. The molecule has 302 valence electrons. The smallest absolute Gasteiger partial charge is 0.308 e. The number of hydrogen-bond donors (Lipinski definition) is 1. The van der Waals surface area contributed by atoms with E-state index in [2.05, 4.69) is 143 Å². The first-order chi connectivity index (χ1) is 23.4. The van der Waals surface area contributed by atoms with Crippen LogP contribution >= 0.6 is 34.2 Å². The number of aliphatic hydroxyl groups is 1. The van der Waals surface area contributed by atoms with E-state index < -0.39 is 61.6 Å². The SMILES string of the molecule is C=C(I)C[C@H](Cl)CCC(O)C#CC(O[Si](C)(C)C(C)(C)C)C1O[C@H]2CCC(CC(=O)OC)O[C@@H]2C(O[Si](C)(C)C(C)(C)C)C1O[Si](C)(C)C(C)(C)C. The minimum atomic E-state index is -2.47. The molecule has 2 aliphatic rings. The van der Waals surface area contributed by atoms with Gasteiger partial charge in [0.15, 0.2) is 25.0 Å². The van der Waals surface area contributed by atoms with E-state index >= 15 is 0 Å². The lowest BCUT2D eigenvalue weighted by atomic mass is 9.87. The fourth-order valence-corrected chi connectivity index (χ4v) is 10.4. The van der Waals surface area contributed by atoms with Crippen molar-refractivity contribution in [3.05, 3.63) is 10.2 Å². The van der Waals surface area contributed by atoms with Crippen LogP contribution in [0.5, 0.6) is 0 Å². The molecule has 2 saturated heterocycles. The Morgan fingerprint density at radius 2 is 1.38 bits per heavy atom. The second kappa shape index (κ2) is 18.6. The van der Waals surface area contributed by atoms with Gasteiger partial charge < -0.3 is 32.6 Å². The van der Waals surface area contributed by atoms with Gasteiger partial charge >= 0.3 is 5.97 Å². The topological polar surface area (TPSA) is 92.7 Å². The number of carbonyl (C=O) groups excluding carboxylic acids is 1. The van der Waals surface area contributed by atoms with Gasteiger partial charge in [-0.1, -0.05) is 80.7 Å². The molecule has 2 rings (SSSR count). The molecule has 2 aliphatic heterocycles. The molecule has 0 amide bonds. The molecule has 13 heteroatoms. The predicted octanol–water partition coefficient (Wildman–Crippen LogP) is 10.1. The van der Waals surface area contributed by atoms with Crippen LogP contribution in [-0.4, -0.2) is 97.3 Å². The Morgan fingerprint density at radius 3 is 1.87 bits per heavy atom. The van der Waals surface area contributed by atoms with Crippen molar-refractivity contribution in [3.63, 3.8) is 0 Å². The highest BCUT2D eigenvalue weighted by Crippen LogP contribution is 2.47. The Hall–Kier alpha value is 0.201. The molecule has 0 bridgehead atoms. The van der Waals surface area contributed by atoms with Crippen molar-refractivity contribution >= 4 is 65.1 Å². The number of esters is 1. The molecule has 0 aromatic carbocycles. The second-order valence-electron chi connectivity index (χ2n) is 19.4. The second-order valence-corrected chi connectivity index (χ2v) is 35.8. The molecular weight excluding hydrogens is 843 g/mol. The molecule has 9 atom stereocenters. The van der Waals surface area contributed by atoms with Crippen molar-refractivity contribution in [2.24, 2.45) is 0 Å². The van der Waals surface area contributed by atoms with Crippen molar-refractivity contribution in [2.45, 2.75) is 209 Å².